The van der Waals surface area contributed by atoms with Gasteiger partial charge in [-0.25, -0.2) is 4.79 Å². The van der Waals surface area contributed by atoms with Gasteiger partial charge in [-0.15, -0.1) is 0 Å². The molecule has 1 saturated carbocycles. The Labute approximate surface area is 164 Å². The minimum atomic E-state index is -0.220. The highest BCUT2D eigenvalue weighted by Crippen LogP contribution is 2.44. The van der Waals surface area contributed by atoms with Gasteiger partial charge < -0.3 is 15.4 Å². The van der Waals surface area contributed by atoms with Crippen LogP contribution in [0.4, 0.5) is 10.5 Å². The standard InChI is InChI=1S/C21H24ClN3O2/c22-18-5-1-16(2-6-18)13-23-20(26)24-19-7-3-17(4-8-19)14-25-11-12-27-15-21(25)9-10-21/h1-8H,9-15H2,(H2,23,24,26). The van der Waals surface area contributed by atoms with Crippen molar-refractivity contribution in [3.8, 4) is 0 Å². The molecule has 2 aromatic carbocycles. The number of benzene rings is 2. The molecule has 1 aliphatic heterocycles. The maximum atomic E-state index is 12.1. The van der Waals surface area contributed by atoms with Gasteiger partial charge in [0.25, 0.3) is 0 Å². The molecular weight excluding hydrogens is 362 g/mol. The Morgan fingerprint density at radius 3 is 2.48 bits per heavy atom. The Morgan fingerprint density at radius 1 is 1.07 bits per heavy atom. The number of morpholine rings is 1. The third-order valence-corrected chi connectivity index (χ3v) is 5.58. The number of hydrogen-bond donors (Lipinski definition) is 2. The van der Waals surface area contributed by atoms with Crippen LogP contribution in [0.25, 0.3) is 0 Å². The molecule has 1 heterocycles. The number of hydrogen-bond acceptors (Lipinski definition) is 3. The second-order valence-corrected chi connectivity index (χ2v) is 7.77. The second kappa shape index (κ2) is 7.89. The van der Waals surface area contributed by atoms with Gasteiger partial charge >= 0.3 is 6.03 Å². The predicted octanol–water partition coefficient (Wildman–Crippen LogP) is 4.03. The smallest absolute Gasteiger partial charge is 0.319 e. The number of rotatable bonds is 5. The molecule has 1 aliphatic carbocycles. The fourth-order valence-corrected chi connectivity index (χ4v) is 3.62. The van der Waals surface area contributed by atoms with Gasteiger partial charge in [0.1, 0.15) is 0 Å². The molecule has 2 fully saturated rings. The van der Waals surface area contributed by atoms with Crippen LogP contribution in [-0.4, -0.2) is 36.2 Å². The van der Waals surface area contributed by atoms with Crippen LogP contribution in [0, 0.1) is 0 Å². The Kier molecular flexibility index (Phi) is 5.34. The zero-order valence-electron chi connectivity index (χ0n) is 15.2. The fourth-order valence-electron chi connectivity index (χ4n) is 3.49. The number of urea groups is 1. The highest BCUT2D eigenvalue weighted by molar-refractivity contribution is 6.30. The van der Waals surface area contributed by atoms with Crippen LogP contribution in [0.15, 0.2) is 48.5 Å². The number of carbonyl (C=O) groups excluding carboxylic acids is 1. The van der Waals surface area contributed by atoms with Gasteiger partial charge in [0.05, 0.1) is 13.2 Å². The van der Waals surface area contributed by atoms with Gasteiger partial charge in [-0.1, -0.05) is 35.9 Å². The van der Waals surface area contributed by atoms with Gasteiger partial charge in [0.2, 0.25) is 0 Å². The Bertz CT molecular complexity index is 788. The Morgan fingerprint density at radius 2 is 1.78 bits per heavy atom. The summed E-state index contributed by atoms with van der Waals surface area (Å²) in [7, 11) is 0. The SMILES string of the molecule is O=C(NCc1ccc(Cl)cc1)Nc1ccc(CN2CCOCC23CC3)cc1. The number of nitrogens with one attached hydrogen (secondary N) is 2. The van der Waals surface area contributed by atoms with Crippen LogP contribution in [0.2, 0.25) is 5.02 Å². The van der Waals surface area contributed by atoms with Gasteiger partial charge in [-0.05, 0) is 48.2 Å². The van der Waals surface area contributed by atoms with E-state index >= 15 is 0 Å². The number of nitrogens with zero attached hydrogens (tertiary/aromatic N) is 1. The molecule has 6 heteroatoms. The number of ether oxygens (including phenoxy) is 1. The average molecular weight is 386 g/mol. The van der Waals surface area contributed by atoms with Crippen LogP contribution in [0.1, 0.15) is 24.0 Å². The summed E-state index contributed by atoms with van der Waals surface area (Å²) in [5, 5.41) is 6.41. The van der Waals surface area contributed by atoms with E-state index in [0.29, 0.717) is 11.6 Å². The summed E-state index contributed by atoms with van der Waals surface area (Å²) < 4.78 is 5.64. The van der Waals surface area contributed by atoms with E-state index in [4.69, 9.17) is 16.3 Å². The number of amides is 2. The summed E-state index contributed by atoms with van der Waals surface area (Å²) in [4.78, 5) is 14.6. The lowest BCUT2D eigenvalue weighted by Gasteiger charge is -2.36. The summed E-state index contributed by atoms with van der Waals surface area (Å²) in [6.45, 7) is 4.06. The van der Waals surface area contributed by atoms with Gasteiger partial charge in [-0.2, -0.15) is 0 Å². The minimum Gasteiger partial charge on any atom is -0.378 e. The molecule has 0 bridgehead atoms. The third-order valence-electron chi connectivity index (χ3n) is 5.33. The second-order valence-electron chi connectivity index (χ2n) is 7.33. The first kappa shape index (κ1) is 18.3. The van der Waals surface area contributed by atoms with E-state index in [9.17, 15) is 4.79 Å². The molecule has 0 radical (unpaired) electrons. The highest BCUT2D eigenvalue weighted by Gasteiger charge is 2.49. The molecule has 0 atom stereocenters. The van der Waals surface area contributed by atoms with Crippen molar-refractivity contribution in [1.82, 2.24) is 10.2 Å². The molecule has 2 N–H and O–H groups in total. The van der Waals surface area contributed by atoms with Crippen molar-refractivity contribution in [2.45, 2.75) is 31.5 Å². The molecule has 1 spiro atoms. The molecule has 0 aromatic heterocycles. The third kappa shape index (κ3) is 4.61. The van der Waals surface area contributed by atoms with E-state index in [1.54, 1.807) is 0 Å². The number of carbonyl (C=O) groups is 1. The Hall–Kier alpha value is -2.08. The monoisotopic (exact) mass is 385 g/mol. The van der Waals surface area contributed by atoms with Gasteiger partial charge in [0, 0.05) is 35.9 Å². The van der Waals surface area contributed by atoms with Crippen LogP contribution in [0.5, 0.6) is 0 Å². The largest absolute Gasteiger partial charge is 0.378 e. The predicted molar refractivity (Wildman–Crippen MR) is 107 cm³/mol. The summed E-state index contributed by atoms with van der Waals surface area (Å²) in [6.07, 6.45) is 2.47. The van der Waals surface area contributed by atoms with Crippen molar-refractivity contribution in [3.05, 3.63) is 64.7 Å². The van der Waals surface area contributed by atoms with E-state index in [2.05, 4.69) is 27.7 Å². The normalized spacial score (nSPS) is 18.3. The molecule has 2 aliphatic rings. The Balaban J connectivity index is 1.27. The van der Waals surface area contributed by atoms with Crippen molar-refractivity contribution in [2.24, 2.45) is 0 Å². The summed E-state index contributed by atoms with van der Waals surface area (Å²) in [6, 6.07) is 15.3. The molecule has 0 unspecified atom stereocenters. The molecule has 2 aromatic rings. The number of halogens is 1. The molecule has 27 heavy (non-hydrogen) atoms. The topological polar surface area (TPSA) is 53.6 Å². The van der Waals surface area contributed by atoms with E-state index in [1.807, 2.05) is 36.4 Å². The summed E-state index contributed by atoms with van der Waals surface area (Å²) >= 11 is 5.87. The maximum absolute atomic E-state index is 12.1. The van der Waals surface area contributed by atoms with Crippen LogP contribution >= 0.6 is 11.6 Å². The summed E-state index contributed by atoms with van der Waals surface area (Å²) in [5.74, 6) is 0. The van der Waals surface area contributed by atoms with Crippen LogP contribution < -0.4 is 10.6 Å². The number of anilines is 1. The van der Waals surface area contributed by atoms with Crippen molar-refractivity contribution in [1.29, 1.82) is 0 Å². The molecule has 1 saturated heterocycles. The fraction of sp³-hybridized carbons (Fsp3) is 0.381. The zero-order chi connectivity index (χ0) is 18.7. The van der Waals surface area contributed by atoms with Crippen molar-refractivity contribution in [2.75, 3.05) is 25.1 Å². The molecule has 142 valence electrons. The van der Waals surface area contributed by atoms with Crippen molar-refractivity contribution in [3.63, 3.8) is 0 Å². The van der Waals surface area contributed by atoms with E-state index in [1.165, 1.54) is 18.4 Å². The lowest BCUT2D eigenvalue weighted by Crippen LogP contribution is -2.46. The van der Waals surface area contributed by atoms with E-state index in [0.717, 1.165) is 37.6 Å². The zero-order valence-corrected chi connectivity index (χ0v) is 16.0. The van der Waals surface area contributed by atoms with Gasteiger partial charge in [-0.3, -0.25) is 4.90 Å². The first-order valence-corrected chi connectivity index (χ1v) is 9.72. The molecule has 2 amide bonds. The van der Waals surface area contributed by atoms with Crippen molar-refractivity contribution >= 4 is 23.3 Å². The van der Waals surface area contributed by atoms with E-state index in [-0.39, 0.29) is 11.6 Å². The minimum absolute atomic E-state index is 0.220. The molecular formula is C21H24ClN3O2. The van der Waals surface area contributed by atoms with Crippen LogP contribution in [-0.2, 0) is 17.8 Å². The maximum Gasteiger partial charge on any atom is 0.319 e. The average Bonchev–Trinajstić information content (AvgIpc) is 3.45. The molecule has 5 nitrogen and oxygen atoms in total. The van der Waals surface area contributed by atoms with Gasteiger partial charge in [0.15, 0.2) is 0 Å². The quantitative estimate of drug-likeness (QED) is 0.817. The van der Waals surface area contributed by atoms with E-state index < -0.39 is 0 Å². The lowest BCUT2D eigenvalue weighted by molar-refractivity contribution is -0.0244. The first-order chi connectivity index (χ1) is 13.1. The highest BCUT2D eigenvalue weighted by atomic mass is 35.5. The van der Waals surface area contributed by atoms with Crippen LogP contribution in [0.3, 0.4) is 0 Å². The van der Waals surface area contributed by atoms with Crippen molar-refractivity contribution < 1.29 is 9.53 Å². The lowest BCUT2D eigenvalue weighted by atomic mass is 10.1. The first-order valence-electron chi connectivity index (χ1n) is 9.34. The molecule has 4 rings (SSSR count). The summed E-state index contributed by atoms with van der Waals surface area (Å²) in [5.41, 5.74) is 3.34.